The Kier molecular flexibility index (Phi) is 12.8. The Morgan fingerprint density at radius 1 is 1.00 bits per heavy atom. The first-order chi connectivity index (χ1) is 10.1. The van der Waals surface area contributed by atoms with Gasteiger partial charge in [0, 0.05) is 0 Å². The van der Waals surface area contributed by atoms with Gasteiger partial charge in [-0.25, -0.2) is 0 Å². The highest BCUT2D eigenvalue weighted by atomic mass is 16.5. The van der Waals surface area contributed by atoms with Crippen molar-refractivity contribution in [3.63, 3.8) is 0 Å². The summed E-state index contributed by atoms with van der Waals surface area (Å²) in [5, 5.41) is 10.2. The molecule has 0 aliphatic heterocycles. The van der Waals surface area contributed by atoms with Gasteiger partial charge in [0.05, 0.1) is 19.1 Å². The highest BCUT2D eigenvalue weighted by molar-refractivity contribution is 5.69. The highest BCUT2D eigenvalue weighted by Gasteiger charge is 2.21. The number of aliphatic hydroxyl groups is 1. The van der Waals surface area contributed by atoms with Gasteiger partial charge in [0.25, 0.3) is 0 Å². The van der Waals surface area contributed by atoms with Gasteiger partial charge < -0.3 is 9.84 Å². The maximum atomic E-state index is 11.9. The molecule has 0 radical (unpaired) electrons. The minimum absolute atomic E-state index is 0.145. The van der Waals surface area contributed by atoms with Crippen molar-refractivity contribution in [1.82, 2.24) is 0 Å². The van der Waals surface area contributed by atoms with Crippen LogP contribution in [-0.4, -0.2) is 23.8 Å². The number of rotatable bonds is 13. The molecule has 0 aromatic carbocycles. The molecular formula is C18H36O3. The van der Waals surface area contributed by atoms with E-state index in [9.17, 15) is 9.90 Å². The molecular weight excluding hydrogens is 264 g/mol. The van der Waals surface area contributed by atoms with Gasteiger partial charge in [0.1, 0.15) is 0 Å². The Morgan fingerprint density at radius 3 is 2.14 bits per heavy atom. The van der Waals surface area contributed by atoms with Crippen molar-refractivity contribution < 1.29 is 14.6 Å². The van der Waals surface area contributed by atoms with Crippen molar-refractivity contribution in [2.24, 2.45) is 11.8 Å². The molecule has 0 fully saturated rings. The third kappa shape index (κ3) is 9.89. The number of esters is 1. The van der Waals surface area contributed by atoms with Crippen molar-refractivity contribution >= 4 is 5.97 Å². The normalized spacial score (nSPS) is 15.5. The van der Waals surface area contributed by atoms with Crippen LogP contribution in [0.2, 0.25) is 0 Å². The molecule has 0 rings (SSSR count). The molecule has 0 bridgehead atoms. The Bertz CT molecular complexity index is 253. The van der Waals surface area contributed by atoms with Crippen LogP contribution < -0.4 is 0 Å². The first-order valence-electron chi connectivity index (χ1n) is 8.92. The van der Waals surface area contributed by atoms with Crippen LogP contribution in [0.25, 0.3) is 0 Å². The van der Waals surface area contributed by atoms with Crippen LogP contribution in [0.3, 0.4) is 0 Å². The van der Waals surface area contributed by atoms with Gasteiger partial charge in [-0.05, 0) is 24.7 Å². The SMILES string of the molecule is CCCCC(CC)COC(=O)CC(O)C(CC)CCCC. The van der Waals surface area contributed by atoms with Crippen molar-refractivity contribution in [3.8, 4) is 0 Å². The van der Waals surface area contributed by atoms with Crippen LogP contribution in [0, 0.1) is 11.8 Å². The fraction of sp³-hybridized carbons (Fsp3) is 0.944. The summed E-state index contributed by atoms with van der Waals surface area (Å²) in [6, 6.07) is 0. The second-order valence-corrected chi connectivity index (χ2v) is 6.18. The van der Waals surface area contributed by atoms with E-state index >= 15 is 0 Å². The summed E-state index contributed by atoms with van der Waals surface area (Å²) in [7, 11) is 0. The van der Waals surface area contributed by atoms with Gasteiger partial charge >= 0.3 is 5.97 Å². The zero-order chi connectivity index (χ0) is 16.1. The van der Waals surface area contributed by atoms with E-state index in [4.69, 9.17) is 4.74 Å². The minimum atomic E-state index is -0.551. The molecule has 0 spiro atoms. The van der Waals surface area contributed by atoms with E-state index in [0.717, 1.165) is 38.5 Å². The first-order valence-corrected chi connectivity index (χ1v) is 8.92. The zero-order valence-electron chi connectivity index (χ0n) is 14.6. The molecule has 1 N–H and O–H groups in total. The summed E-state index contributed by atoms with van der Waals surface area (Å²) in [6.07, 6.45) is 8.28. The number of aliphatic hydroxyl groups excluding tert-OH is 1. The molecule has 0 saturated heterocycles. The number of unbranched alkanes of at least 4 members (excludes halogenated alkanes) is 2. The largest absolute Gasteiger partial charge is 0.465 e. The Labute approximate surface area is 131 Å². The molecule has 0 aliphatic rings. The summed E-state index contributed by atoms with van der Waals surface area (Å²) < 4.78 is 5.36. The molecule has 126 valence electrons. The van der Waals surface area contributed by atoms with E-state index in [2.05, 4.69) is 27.7 Å². The Morgan fingerprint density at radius 2 is 1.62 bits per heavy atom. The quantitative estimate of drug-likeness (QED) is 0.501. The topological polar surface area (TPSA) is 46.5 Å². The van der Waals surface area contributed by atoms with Crippen LogP contribution in [-0.2, 0) is 9.53 Å². The molecule has 3 heteroatoms. The molecule has 0 amide bonds. The third-order valence-electron chi connectivity index (χ3n) is 4.40. The van der Waals surface area contributed by atoms with Crippen LogP contribution in [0.1, 0.15) is 85.5 Å². The summed E-state index contributed by atoms with van der Waals surface area (Å²) in [4.78, 5) is 11.9. The fourth-order valence-electron chi connectivity index (χ4n) is 2.64. The number of hydrogen-bond donors (Lipinski definition) is 1. The van der Waals surface area contributed by atoms with Crippen molar-refractivity contribution in [3.05, 3.63) is 0 Å². The number of carbonyl (C=O) groups excluding carboxylic acids is 1. The number of hydrogen-bond acceptors (Lipinski definition) is 3. The Hall–Kier alpha value is -0.570. The second kappa shape index (κ2) is 13.1. The molecule has 0 saturated carbocycles. The average molecular weight is 300 g/mol. The third-order valence-corrected chi connectivity index (χ3v) is 4.40. The molecule has 21 heavy (non-hydrogen) atoms. The molecule has 3 unspecified atom stereocenters. The summed E-state index contributed by atoms with van der Waals surface area (Å²) >= 11 is 0. The summed E-state index contributed by atoms with van der Waals surface area (Å²) in [5.74, 6) is 0.445. The van der Waals surface area contributed by atoms with Crippen LogP contribution in [0.5, 0.6) is 0 Å². The first kappa shape index (κ1) is 20.4. The van der Waals surface area contributed by atoms with Gasteiger partial charge in [0.15, 0.2) is 0 Å². The summed E-state index contributed by atoms with van der Waals surface area (Å²) in [5.41, 5.74) is 0. The maximum Gasteiger partial charge on any atom is 0.308 e. The molecule has 3 atom stereocenters. The number of carbonyl (C=O) groups is 1. The number of ether oxygens (including phenoxy) is 1. The highest BCUT2D eigenvalue weighted by Crippen LogP contribution is 2.20. The van der Waals surface area contributed by atoms with Gasteiger partial charge in [-0.3, -0.25) is 4.79 Å². The average Bonchev–Trinajstić information content (AvgIpc) is 2.48. The van der Waals surface area contributed by atoms with E-state index in [-0.39, 0.29) is 18.3 Å². The lowest BCUT2D eigenvalue weighted by molar-refractivity contribution is -0.148. The lowest BCUT2D eigenvalue weighted by atomic mass is 9.91. The Balaban J connectivity index is 4.04. The monoisotopic (exact) mass is 300 g/mol. The van der Waals surface area contributed by atoms with E-state index in [1.165, 1.54) is 12.8 Å². The molecule has 0 aliphatic carbocycles. The predicted octanol–water partition coefficient (Wildman–Crippen LogP) is 4.71. The van der Waals surface area contributed by atoms with Crippen LogP contribution >= 0.6 is 0 Å². The van der Waals surface area contributed by atoms with E-state index < -0.39 is 6.10 Å². The zero-order valence-corrected chi connectivity index (χ0v) is 14.6. The lowest BCUT2D eigenvalue weighted by Gasteiger charge is -2.21. The second-order valence-electron chi connectivity index (χ2n) is 6.18. The molecule has 3 nitrogen and oxygen atoms in total. The van der Waals surface area contributed by atoms with E-state index in [1.54, 1.807) is 0 Å². The van der Waals surface area contributed by atoms with E-state index in [1.807, 2.05) is 0 Å². The van der Waals surface area contributed by atoms with Gasteiger partial charge in [-0.15, -0.1) is 0 Å². The van der Waals surface area contributed by atoms with Crippen molar-refractivity contribution in [2.45, 2.75) is 91.6 Å². The molecule has 0 aromatic heterocycles. The maximum absolute atomic E-state index is 11.9. The summed E-state index contributed by atoms with van der Waals surface area (Å²) in [6.45, 7) is 9.05. The van der Waals surface area contributed by atoms with Gasteiger partial charge in [-0.2, -0.15) is 0 Å². The predicted molar refractivity (Wildman–Crippen MR) is 88.2 cm³/mol. The standard InChI is InChI=1S/C18H36O3/c1-5-9-11-15(7-3)14-21-18(20)13-17(19)16(8-4)12-10-6-2/h15-17,19H,5-14H2,1-4H3. The van der Waals surface area contributed by atoms with Gasteiger partial charge in [0.2, 0.25) is 0 Å². The van der Waals surface area contributed by atoms with Crippen LogP contribution in [0.15, 0.2) is 0 Å². The smallest absolute Gasteiger partial charge is 0.308 e. The fourth-order valence-corrected chi connectivity index (χ4v) is 2.64. The van der Waals surface area contributed by atoms with Crippen molar-refractivity contribution in [2.75, 3.05) is 6.61 Å². The van der Waals surface area contributed by atoms with Gasteiger partial charge in [-0.1, -0.05) is 66.2 Å². The molecule has 0 heterocycles. The molecule has 0 aromatic rings. The van der Waals surface area contributed by atoms with Crippen molar-refractivity contribution in [1.29, 1.82) is 0 Å². The lowest BCUT2D eigenvalue weighted by Crippen LogP contribution is -2.25. The van der Waals surface area contributed by atoms with Crippen LogP contribution in [0.4, 0.5) is 0 Å². The minimum Gasteiger partial charge on any atom is -0.465 e. The van der Waals surface area contributed by atoms with E-state index in [0.29, 0.717) is 12.5 Å².